The number of aldehydes is 1. The molecular weight excluding hydrogens is 868 g/mol. The molecule has 19 heteroatoms. The summed E-state index contributed by atoms with van der Waals surface area (Å²) in [5, 5.41) is 118. The fourth-order valence-electron chi connectivity index (χ4n) is 14.3. The maximum absolute atomic E-state index is 14.8. The van der Waals surface area contributed by atoms with Crippen LogP contribution in [0.2, 0.25) is 0 Å². The third-order valence-electron chi connectivity index (χ3n) is 18.5. The maximum Gasteiger partial charge on any atom is 0.315 e. The Morgan fingerprint density at radius 3 is 2.11 bits per heavy atom. The molecule has 0 aromatic carbocycles. The van der Waals surface area contributed by atoms with Crippen LogP contribution in [0.4, 0.5) is 0 Å². The molecule has 8 rings (SSSR count). The summed E-state index contributed by atoms with van der Waals surface area (Å²) < 4.78 is 34.5. The molecule has 374 valence electrons. The highest BCUT2D eigenvalue weighted by atomic mass is 16.8. The molecule has 8 aliphatic rings. The van der Waals surface area contributed by atoms with Crippen molar-refractivity contribution in [2.75, 3.05) is 13.2 Å². The van der Waals surface area contributed by atoms with Crippen LogP contribution in [0.25, 0.3) is 0 Å². The Labute approximate surface area is 384 Å². The quantitative estimate of drug-likeness (QED) is 0.0739. The zero-order valence-corrected chi connectivity index (χ0v) is 38.5. The summed E-state index contributed by atoms with van der Waals surface area (Å²) in [5.41, 5.74) is -1.03. The van der Waals surface area contributed by atoms with Gasteiger partial charge in [0.2, 0.25) is 6.29 Å². The van der Waals surface area contributed by atoms with Crippen LogP contribution < -0.4 is 0 Å². The minimum atomic E-state index is -1.87. The molecule has 6 fully saturated rings. The summed E-state index contributed by atoms with van der Waals surface area (Å²) in [6.45, 7) is 10.6. The molecule has 0 amide bonds. The molecule has 5 aliphatic carbocycles. The van der Waals surface area contributed by atoms with Gasteiger partial charge < -0.3 is 89.4 Å². The molecule has 0 aromatic heterocycles. The van der Waals surface area contributed by atoms with Gasteiger partial charge in [0.05, 0.1) is 42.4 Å². The number of allylic oxidation sites excluding steroid dienone is 4. The van der Waals surface area contributed by atoms with Crippen molar-refractivity contribution in [2.45, 2.75) is 197 Å². The Balaban J connectivity index is 0.973. The van der Waals surface area contributed by atoms with Crippen molar-refractivity contribution in [1.29, 1.82) is 0 Å². The number of rotatable bonds is 9. The molecule has 0 radical (unpaired) electrons. The van der Waals surface area contributed by atoms with E-state index in [9.17, 15) is 65.8 Å². The van der Waals surface area contributed by atoms with E-state index in [0.717, 1.165) is 23.9 Å². The molecule has 66 heavy (non-hydrogen) atoms. The number of esters is 1. The van der Waals surface area contributed by atoms with E-state index in [-0.39, 0.29) is 28.6 Å². The van der Waals surface area contributed by atoms with Gasteiger partial charge in [-0.1, -0.05) is 51.0 Å². The second-order valence-electron chi connectivity index (χ2n) is 21.9. The fourth-order valence-corrected chi connectivity index (χ4v) is 14.3. The molecule has 25 atom stereocenters. The molecule has 19 nitrogen and oxygen atoms in total. The number of carbonyl (C=O) groups excluding carboxylic acids is 2. The Hall–Kier alpha value is -2.02. The molecule has 3 heterocycles. The van der Waals surface area contributed by atoms with Gasteiger partial charge in [0.15, 0.2) is 12.6 Å². The smallest absolute Gasteiger partial charge is 0.315 e. The second-order valence-corrected chi connectivity index (χ2v) is 21.9. The molecular formula is C47H72O19. The summed E-state index contributed by atoms with van der Waals surface area (Å²) in [4.78, 5) is 27.5. The summed E-state index contributed by atoms with van der Waals surface area (Å²) in [5.74, 6) is -0.992. The van der Waals surface area contributed by atoms with Crippen LogP contribution in [0.1, 0.15) is 92.9 Å². The largest absolute Gasteiger partial charge is 0.432 e. The standard InChI is InChI=1S/C47H72O19/c1-20-9-12-47(14-13-45(5)22(23(47)15-20)7-8-28-43(3)16-24(50)38(59)44(4,19-49)27(43)10-11-46(28,45)6)42(60)66-41-35(57)32(54)30(52)26(64-41)18-61-39-36(58)33(55)37(25(17-48)63-39)65-40-34(56)31(53)29(51)21(2)62-40/h7,9,19,21,23-41,48,50-59H,8,10-18H2,1-6H3. The Morgan fingerprint density at radius 2 is 1.42 bits per heavy atom. The van der Waals surface area contributed by atoms with E-state index in [0.29, 0.717) is 44.9 Å². The van der Waals surface area contributed by atoms with Gasteiger partial charge in [-0.3, -0.25) is 4.79 Å². The lowest BCUT2D eigenvalue weighted by atomic mass is 9.33. The van der Waals surface area contributed by atoms with Crippen LogP contribution in [0.3, 0.4) is 0 Å². The molecule has 3 aliphatic heterocycles. The summed E-state index contributed by atoms with van der Waals surface area (Å²) in [6.07, 6.45) is -17.1. The maximum atomic E-state index is 14.8. The zero-order chi connectivity index (χ0) is 48.2. The van der Waals surface area contributed by atoms with E-state index in [1.165, 1.54) is 6.92 Å². The molecule has 11 N–H and O–H groups in total. The van der Waals surface area contributed by atoms with Gasteiger partial charge in [-0.15, -0.1) is 0 Å². The van der Waals surface area contributed by atoms with E-state index in [2.05, 4.69) is 26.8 Å². The first kappa shape index (κ1) is 50.4. The van der Waals surface area contributed by atoms with Crippen molar-refractivity contribution >= 4 is 12.3 Å². The fraction of sp³-hybridized carbons (Fsp3) is 0.872. The molecule has 3 saturated carbocycles. The highest BCUT2D eigenvalue weighted by molar-refractivity contribution is 5.79. The number of hydrogen-bond donors (Lipinski definition) is 11. The number of carbonyl (C=O) groups is 2. The van der Waals surface area contributed by atoms with Crippen LogP contribution in [-0.2, 0) is 38.0 Å². The van der Waals surface area contributed by atoms with Crippen LogP contribution in [0.5, 0.6) is 0 Å². The average Bonchev–Trinajstić information content (AvgIpc) is 3.28. The highest BCUT2D eigenvalue weighted by Crippen LogP contribution is 2.75. The van der Waals surface area contributed by atoms with Gasteiger partial charge in [0, 0.05) is 5.92 Å². The normalized spacial score (nSPS) is 54.9. The minimum absolute atomic E-state index is 0.0732. The Morgan fingerprint density at radius 1 is 0.773 bits per heavy atom. The first-order valence-electron chi connectivity index (χ1n) is 23.6. The van der Waals surface area contributed by atoms with Crippen LogP contribution in [-0.4, -0.2) is 186 Å². The number of fused-ring (bicyclic) bond motifs is 7. The third-order valence-corrected chi connectivity index (χ3v) is 18.5. The van der Waals surface area contributed by atoms with Gasteiger partial charge in [-0.05, 0) is 93.3 Å². The van der Waals surface area contributed by atoms with E-state index in [1.807, 2.05) is 13.0 Å². The average molecular weight is 941 g/mol. The Kier molecular flexibility index (Phi) is 13.7. The first-order chi connectivity index (χ1) is 30.9. The van der Waals surface area contributed by atoms with E-state index in [4.69, 9.17) is 28.4 Å². The number of hydrogen-bond acceptors (Lipinski definition) is 19. The van der Waals surface area contributed by atoms with Gasteiger partial charge >= 0.3 is 5.97 Å². The molecule has 3 saturated heterocycles. The van der Waals surface area contributed by atoms with E-state index < -0.39 is 140 Å². The zero-order valence-electron chi connectivity index (χ0n) is 38.5. The van der Waals surface area contributed by atoms with Crippen LogP contribution >= 0.6 is 0 Å². The SMILES string of the molecule is CC1=CCC2(C(=O)OC3OC(COC4OC(CO)C(OC5OC(C)C(O)C(O)C5O)C(O)C4O)C(O)C(O)C3O)CCC3(C)C(=CCC4C5(C)CC(O)C(O)C(C)(C=O)C5CCC43C)C2C1. The van der Waals surface area contributed by atoms with Crippen molar-refractivity contribution in [3.8, 4) is 0 Å². The summed E-state index contributed by atoms with van der Waals surface area (Å²) >= 11 is 0. The van der Waals surface area contributed by atoms with Crippen LogP contribution in [0.15, 0.2) is 23.3 Å². The summed E-state index contributed by atoms with van der Waals surface area (Å²) in [7, 11) is 0. The lowest BCUT2D eigenvalue weighted by Crippen LogP contribution is -2.67. The van der Waals surface area contributed by atoms with E-state index in [1.54, 1.807) is 6.92 Å². The second kappa shape index (κ2) is 18.0. The first-order valence-corrected chi connectivity index (χ1v) is 23.6. The van der Waals surface area contributed by atoms with Crippen LogP contribution in [0, 0.1) is 44.8 Å². The predicted octanol–water partition coefficient (Wildman–Crippen LogP) is -1.15. The number of aliphatic hydroxyl groups excluding tert-OH is 11. The van der Waals surface area contributed by atoms with Crippen molar-refractivity contribution in [1.82, 2.24) is 0 Å². The lowest BCUT2D eigenvalue weighted by molar-refractivity contribution is -0.361. The monoisotopic (exact) mass is 940 g/mol. The molecule has 0 aromatic rings. The van der Waals surface area contributed by atoms with Gasteiger partial charge in [-0.2, -0.15) is 0 Å². The highest BCUT2D eigenvalue weighted by Gasteiger charge is 2.70. The third kappa shape index (κ3) is 7.61. The predicted molar refractivity (Wildman–Crippen MR) is 226 cm³/mol. The van der Waals surface area contributed by atoms with Gasteiger partial charge in [-0.25, -0.2) is 0 Å². The molecule has 0 spiro atoms. The van der Waals surface area contributed by atoms with Crippen molar-refractivity contribution in [3.05, 3.63) is 23.3 Å². The van der Waals surface area contributed by atoms with Gasteiger partial charge in [0.25, 0.3) is 0 Å². The Bertz CT molecular complexity index is 1880. The number of aliphatic hydroxyl groups is 11. The van der Waals surface area contributed by atoms with E-state index >= 15 is 0 Å². The van der Waals surface area contributed by atoms with Crippen molar-refractivity contribution in [2.24, 2.45) is 44.8 Å². The van der Waals surface area contributed by atoms with Gasteiger partial charge in [0.1, 0.15) is 73.4 Å². The van der Waals surface area contributed by atoms with Crippen molar-refractivity contribution < 1.29 is 94.2 Å². The topological polar surface area (TPSA) is 312 Å². The lowest BCUT2D eigenvalue weighted by Gasteiger charge is -2.70. The summed E-state index contributed by atoms with van der Waals surface area (Å²) in [6, 6.07) is 0. The number of ether oxygens (including phenoxy) is 6. The molecule has 0 bridgehead atoms. The molecule has 25 unspecified atom stereocenters. The van der Waals surface area contributed by atoms with Crippen molar-refractivity contribution in [3.63, 3.8) is 0 Å². The minimum Gasteiger partial charge on any atom is -0.432 e.